The van der Waals surface area contributed by atoms with Gasteiger partial charge in [-0.15, -0.1) is 0 Å². The van der Waals surface area contributed by atoms with Crippen LogP contribution in [0.4, 0.5) is 0 Å². The summed E-state index contributed by atoms with van der Waals surface area (Å²) in [7, 11) is 0. The standard InChI is InChI=1S/C62H108N2O4/c1-7-9-11-13-15-17-19-21-23-25-27-29-31-33-35-37-39-41-43-49-67-57-47-45-55(59(65)51-57)53-63-61(3,4)62(5,6)64-54-56-46-48-58(52-60(56)66)68-50-44-42-40-38-36-34-32-30-28-26-24-22-20-18-16-14-12-10-8-2/h45-48,51-54,65-66H,7-44,49-50H2,1-6H3. The van der Waals surface area contributed by atoms with E-state index in [9.17, 15) is 10.2 Å². The Hall–Kier alpha value is -3.02. The van der Waals surface area contributed by atoms with Gasteiger partial charge < -0.3 is 19.7 Å². The highest BCUT2D eigenvalue weighted by Crippen LogP contribution is 2.32. The normalized spacial score (nSPS) is 12.3. The van der Waals surface area contributed by atoms with Crippen molar-refractivity contribution in [1.29, 1.82) is 0 Å². The second-order valence-corrected chi connectivity index (χ2v) is 21.5. The molecule has 0 saturated heterocycles. The van der Waals surface area contributed by atoms with Crippen molar-refractivity contribution >= 4 is 12.4 Å². The number of aromatic hydroxyl groups is 2. The number of rotatable bonds is 47. The molecule has 68 heavy (non-hydrogen) atoms. The maximum absolute atomic E-state index is 10.8. The van der Waals surface area contributed by atoms with Crippen LogP contribution in [0.15, 0.2) is 46.4 Å². The third-order valence-corrected chi connectivity index (χ3v) is 14.6. The Morgan fingerprint density at radius 1 is 0.353 bits per heavy atom. The molecule has 0 bridgehead atoms. The average molecular weight is 946 g/mol. The third-order valence-electron chi connectivity index (χ3n) is 14.6. The quantitative estimate of drug-likeness (QED) is 0.0511. The van der Waals surface area contributed by atoms with Crippen LogP contribution in [-0.2, 0) is 0 Å². The van der Waals surface area contributed by atoms with E-state index in [2.05, 4.69) is 13.8 Å². The molecule has 0 aliphatic rings. The van der Waals surface area contributed by atoms with E-state index < -0.39 is 11.1 Å². The molecule has 2 aromatic carbocycles. The number of hydrogen-bond acceptors (Lipinski definition) is 6. The van der Waals surface area contributed by atoms with Gasteiger partial charge in [0.15, 0.2) is 0 Å². The Bertz CT molecular complexity index is 1420. The summed E-state index contributed by atoms with van der Waals surface area (Å²) in [4.78, 5) is 9.74. The zero-order chi connectivity index (χ0) is 49.2. The molecule has 0 fully saturated rings. The molecule has 0 radical (unpaired) electrons. The predicted octanol–water partition coefficient (Wildman–Crippen LogP) is 19.8. The summed E-state index contributed by atoms with van der Waals surface area (Å²) in [5, 5.41) is 21.6. The van der Waals surface area contributed by atoms with Crippen molar-refractivity contribution in [3.8, 4) is 23.0 Å². The van der Waals surface area contributed by atoms with Crippen LogP contribution in [0, 0.1) is 0 Å². The van der Waals surface area contributed by atoms with Crippen LogP contribution in [0.25, 0.3) is 0 Å². The first-order chi connectivity index (χ1) is 33.1. The van der Waals surface area contributed by atoms with Crippen LogP contribution in [0.2, 0.25) is 0 Å². The van der Waals surface area contributed by atoms with E-state index in [0.29, 0.717) is 35.8 Å². The number of benzene rings is 2. The highest BCUT2D eigenvalue weighted by atomic mass is 16.5. The number of nitrogens with zero attached hydrogens (tertiary/aromatic N) is 2. The van der Waals surface area contributed by atoms with Crippen LogP contribution < -0.4 is 9.47 Å². The van der Waals surface area contributed by atoms with Crippen molar-refractivity contribution in [3.05, 3.63) is 47.5 Å². The van der Waals surface area contributed by atoms with Crippen molar-refractivity contribution in [2.45, 2.75) is 297 Å². The molecular formula is C62H108N2O4. The van der Waals surface area contributed by atoms with Gasteiger partial charge in [-0.25, -0.2) is 0 Å². The van der Waals surface area contributed by atoms with Crippen LogP contribution in [0.3, 0.4) is 0 Å². The summed E-state index contributed by atoms with van der Waals surface area (Å²) in [6.07, 6.45) is 55.5. The maximum atomic E-state index is 10.8. The summed E-state index contributed by atoms with van der Waals surface area (Å²) in [6.45, 7) is 14.0. The SMILES string of the molecule is CCCCCCCCCCCCCCCCCCCCCOc1ccc(C=NC(C)(C)C(C)(C)N=Cc2ccc(OCCCCCCCCCCCCCCCCCCCCC)cc2O)c(O)c1. The molecule has 6 nitrogen and oxygen atoms in total. The summed E-state index contributed by atoms with van der Waals surface area (Å²) in [6, 6.07) is 10.9. The molecule has 0 aliphatic heterocycles. The Morgan fingerprint density at radius 3 is 0.794 bits per heavy atom. The Morgan fingerprint density at radius 2 is 0.574 bits per heavy atom. The van der Waals surface area contributed by atoms with Gasteiger partial charge in [0.2, 0.25) is 0 Å². The molecule has 6 heteroatoms. The van der Waals surface area contributed by atoms with Crippen molar-refractivity contribution in [1.82, 2.24) is 0 Å². The second-order valence-electron chi connectivity index (χ2n) is 21.5. The van der Waals surface area contributed by atoms with E-state index in [-0.39, 0.29) is 11.5 Å². The topological polar surface area (TPSA) is 83.6 Å². The lowest BCUT2D eigenvalue weighted by Gasteiger charge is -2.35. The van der Waals surface area contributed by atoms with Crippen LogP contribution >= 0.6 is 0 Å². The van der Waals surface area contributed by atoms with Crippen molar-refractivity contribution < 1.29 is 19.7 Å². The number of ether oxygens (including phenoxy) is 2. The van der Waals surface area contributed by atoms with E-state index in [1.807, 2.05) is 52.0 Å². The lowest BCUT2D eigenvalue weighted by molar-refractivity contribution is 0.302. The highest BCUT2D eigenvalue weighted by Gasteiger charge is 2.36. The molecule has 0 unspecified atom stereocenters. The molecule has 390 valence electrons. The number of aliphatic imine (C=N–C) groups is 2. The zero-order valence-corrected chi connectivity index (χ0v) is 45.5. The highest BCUT2D eigenvalue weighted by molar-refractivity contribution is 5.85. The molecule has 2 N–H and O–H groups in total. The van der Waals surface area contributed by atoms with E-state index in [1.54, 1.807) is 24.6 Å². The first kappa shape index (κ1) is 61.1. The van der Waals surface area contributed by atoms with E-state index in [0.717, 1.165) is 12.8 Å². The minimum Gasteiger partial charge on any atom is -0.507 e. The fraction of sp³-hybridized carbons (Fsp3) is 0.774. The van der Waals surface area contributed by atoms with Gasteiger partial charge in [0.05, 0.1) is 24.3 Å². The third kappa shape index (κ3) is 31.3. The van der Waals surface area contributed by atoms with Gasteiger partial charge in [-0.05, 0) is 64.8 Å². The zero-order valence-electron chi connectivity index (χ0n) is 45.5. The fourth-order valence-corrected chi connectivity index (χ4v) is 8.96. The molecular weight excluding hydrogens is 837 g/mol. The molecule has 2 aromatic rings. The maximum Gasteiger partial charge on any atom is 0.128 e. The van der Waals surface area contributed by atoms with Gasteiger partial charge in [-0.3, -0.25) is 9.98 Å². The lowest BCUT2D eigenvalue weighted by atomic mass is 9.83. The Balaban J connectivity index is 1.54. The smallest absolute Gasteiger partial charge is 0.128 e. The minimum atomic E-state index is -0.595. The summed E-state index contributed by atoms with van der Waals surface area (Å²) < 4.78 is 12.0. The van der Waals surface area contributed by atoms with E-state index >= 15 is 0 Å². The monoisotopic (exact) mass is 945 g/mol. The molecule has 0 aliphatic carbocycles. The second kappa shape index (κ2) is 40.7. The Kier molecular flexibility index (Phi) is 36.6. The summed E-state index contributed by atoms with van der Waals surface area (Å²) >= 11 is 0. The van der Waals surface area contributed by atoms with Gasteiger partial charge in [0, 0.05) is 35.7 Å². The van der Waals surface area contributed by atoms with E-state index in [4.69, 9.17) is 19.5 Å². The molecule has 2 rings (SSSR count). The van der Waals surface area contributed by atoms with Crippen LogP contribution in [-0.4, -0.2) is 46.9 Å². The van der Waals surface area contributed by atoms with Crippen LogP contribution in [0.5, 0.6) is 23.0 Å². The van der Waals surface area contributed by atoms with Crippen molar-refractivity contribution in [2.75, 3.05) is 13.2 Å². The van der Waals surface area contributed by atoms with Gasteiger partial charge in [0.1, 0.15) is 23.0 Å². The predicted molar refractivity (Wildman–Crippen MR) is 297 cm³/mol. The van der Waals surface area contributed by atoms with Gasteiger partial charge in [-0.1, -0.05) is 245 Å². The molecule has 0 amide bonds. The number of hydrogen-bond donors (Lipinski definition) is 2. The molecule has 0 spiro atoms. The molecule has 0 heterocycles. The molecule has 0 atom stereocenters. The first-order valence-corrected chi connectivity index (χ1v) is 29.1. The fourth-order valence-electron chi connectivity index (χ4n) is 8.96. The molecule has 0 aromatic heterocycles. The van der Waals surface area contributed by atoms with Gasteiger partial charge >= 0.3 is 0 Å². The van der Waals surface area contributed by atoms with Crippen LogP contribution in [0.1, 0.15) is 297 Å². The number of phenols is 2. The lowest BCUT2D eigenvalue weighted by Crippen LogP contribution is -2.42. The average Bonchev–Trinajstić information content (AvgIpc) is 3.32. The summed E-state index contributed by atoms with van der Waals surface area (Å²) in [5.74, 6) is 1.67. The largest absolute Gasteiger partial charge is 0.507 e. The number of phenolic OH excluding ortho intramolecular Hbond substituents is 2. The van der Waals surface area contributed by atoms with Crippen molar-refractivity contribution in [3.63, 3.8) is 0 Å². The number of unbranched alkanes of at least 4 members (excludes halogenated alkanes) is 36. The molecule has 0 saturated carbocycles. The summed E-state index contributed by atoms with van der Waals surface area (Å²) in [5.41, 5.74) is 0.0920. The van der Waals surface area contributed by atoms with Gasteiger partial charge in [-0.2, -0.15) is 0 Å². The Labute approximate surface area is 420 Å². The first-order valence-electron chi connectivity index (χ1n) is 29.1. The van der Waals surface area contributed by atoms with Crippen molar-refractivity contribution in [2.24, 2.45) is 9.98 Å². The van der Waals surface area contributed by atoms with E-state index in [1.165, 1.54) is 231 Å². The van der Waals surface area contributed by atoms with Gasteiger partial charge in [0.25, 0.3) is 0 Å². The minimum absolute atomic E-state index is 0.152.